The van der Waals surface area contributed by atoms with Gasteiger partial charge in [-0.15, -0.1) is 0 Å². The summed E-state index contributed by atoms with van der Waals surface area (Å²) >= 11 is 0. The summed E-state index contributed by atoms with van der Waals surface area (Å²) in [4.78, 5) is 45.7. The molecular weight excluding hydrogens is 442 g/mol. The summed E-state index contributed by atoms with van der Waals surface area (Å²) < 4.78 is 0. The van der Waals surface area contributed by atoms with Crippen molar-refractivity contribution >= 4 is 28.7 Å². The Labute approximate surface area is 205 Å². The van der Waals surface area contributed by atoms with Gasteiger partial charge >= 0.3 is 6.03 Å². The minimum Gasteiger partial charge on any atom is -0.351 e. The van der Waals surface area contributed by atoms with Gasteiger partial charge in [-0.05, 0) is 75.3 Å². The van der Waals surface area contributed by atoms with E-state index in [1.54, 1.807) is 0 Å². The van der Waals surface area contributed by atoms with Gasteiger partial charge in [-0.25, -0.2) is 4.79 Å². The second-order valence-electron chi connectivity index (χ2n) is 11.4. The molecule has 2 aromatic rings. The molecule has 186 valence electrons. The summed E-state index contributed by atoms with van der Waals surface area (Å²) in [6.45, 7) is 4.12. The number of aromatic amines is 1. The highest BCUT2D eigenvalue weighted by molar-refractivity contribution is 5.98. The molecule has 1 aromatic heterocycles. The van der Waals surface area contributed by atoms with Crippen LogP contribution in [0, 0.1) is 17.8 Å². The molecule has 1 saturated heterocycles. The van der Waals surface area contributed by atoms with E-state index in [0.29, 0.717) is 31.9 Å². The molecule has 1 atom stereocenters. The monoisotopic (exact) mass is 477 g/mol. The molecule has 7 rings (SSSR count). The van der Waals surface area contributed by atoms with Crippen molar-refractivity contribution in [1.82, 2.24) is 25.4 Å². The van der Waals surface area contributed by atoms with Crippen LogP contribution in [0.4, 0.5) is 4.79 Å². The number of carbonyl (C=O) groups excluding carboxylic acids is 3. The SMILES string of the molecule is CC(C(=O)NC(=O)NC12CC3CC(CC(C3)C1)C2)N1CCN(C(=O)c2cc3ccccc3[nH]2)CC1. The summed E-state index contributed by atoms with van der Waals surface area (Å²) in [6, 6.07) is 8.96. The molecular formula is C27H35N5O3. The number of fused-ring (bicyclic) bond motifs is 1. The number of imide groups is 1. The zero-order chi connectivity index (χ0) is 24.2. The third-order valence-electron chi connectivity index (χ3n) is 8.94. The minimum absolute atomic E-state index is 0.0205. The molecule has 4 amide bonds. The van der Waals surface area contributed by atoms with E-state index in [2.05, 4.69) is 15.6 Å². The lowest BCUT2D eigenvalue weighted by Crippen LogP contribution is -2.63. The summed E-state index contributed by atoms with van der Waals surface area (Å²) in [6.07, 6.45) is 7.11. The average Bonchev–Trinajstić information content (AvgIpc) is 3.26. The largest absolute Gasteiger partial charge is 0.351 e. The molecule has 8 heteroatoms. The molecule has 1 aliphatic heterocycles. The second-order valence-corrected chi connectivity index (χ2v) is 11.4. The van der Waals surface area contributed by atoms with E-state index in [0.717, 1.165) is 47.9 Å². The van der Waals surface area contributed by atoms with Gasteiger partial charge in [0.1, 0.15) is 5.69 Å². The number of hydrogen-bond acceptors (Lipinski definition) is 4. The maximum Gasteiger partial charge on any atom is 0.321 e. The predicted octanol–water partition coefficient (Wildman–Crippen LogP) is 3.11. The van der Waals surface area contributed by atoms with Crippen LogP contribution in [0.15, 0.2) is 30.3 Å². The van der Waals surface area contributed by atoms with Crippen LogP contribution in [0.1, 0.15) is 55.9 Å². The van der Waals surface area contributed by atoms with Crippen LogP contribution in [0.3, 0.4) is 0 Å². The lowest BCUT2D eigenvalue weighted by molar-refractivity contribution is -0.125. The molecule has 1 unspecified atom stereocenters. The first-order valence-electron chi connectivity index (χ1n) is 13.1. The number of para-hydroxylation sites is 1. The van der Waals surface area contributed by atoms with Gasteiger partial charge in [-0.2, -0.15) is 0 Å². The van der Waals surface area contributed by atoms with Crippen LogP contribution in [0.5, 0.6) is 0 Å². The summed E-state index contributed by atoms with van der Waals surface area (Å²) in [5.41, 5.74) is 1.43. The maximum absolute atomic E-state index is 13.0. The number of piperazine rings is 1. The summed E-state index contributed by atoms with van der Waals surface area (Å²) in [7, 11) is 0. The third-order valence-corrected chi connectivity index (χ3v) is 8.94. The highest BCUT2D eigenvalue weighted by Gasteiger charge is 2.51. The summed E-state index contributed by atoms with van der Waals surface area (Å²) in [5.74, 6) is 1.91. The van der Waals surface area contributed by atoms with Crippen molar-refractivity contribution in [3.8, 4) is 0 Å². The number of H-pyrrole nitrogens is 1. The molecule has 2 heterocycles. The van der Waals surface area contributed by atoms with E-state index in [9.17, 15) is 14.4 Å². The fourth-order valence-electron chi connectivity index (χ4n) is 7.59. The number of nitrogens with zero attached hydrogens (tertiary/aromatic N) is 2. The lowest BCUT2D eigenvalue weighted by atomic mass is 9.53. The fourth-order valence-corrected chi connectivity index (χ4v) is 7.59. The Hall–Kier alpha value is -2.87. The highest BCUT2D eigenvalue weighted by Crippen LogP contribution is 2.55. The van der Waals surface area contributed by atoms with Crippen molar-refractivity contribution in [2.45, 2.75) is 57.0 Å². The lowest BCUT2D eigenvalue weighted by Gasteiger charge is -2.56. The molecule has 4 bridgehead atoms. The predicted molar refractivity (Wildman–Crippen MR) is 133 cm³/mol. The first-order valence-corrected chi connectivity index (χ1v) is 13.1. The van der Waals surface area contributed by atoms with E-state index in [-0.39, 0.29) is 23.4 Å². The zero-order valence-corrected chi connectivity index (χ0v) is 20.4. The number of amides is 4. The van der Waals surface area contributed by atoms with Gasteiger partial charge in [0.2, 0.25) is 5.91 Å². The fraction of sp³-hybridized carbons (Fsp3) is 0.593. The number of rotatable bonds is 4. The van der Waals surface area contributed by atoms with Crippen molar-refractivity contribution < 1.29 is 14.4 Å². The van der Waals surface area contributed by atoms with Crippen molar-refractivity contribution in [2.75, 3.05) is 26.2 Å². The van der Waals surface area contributed by atoms with E-state index in [1.165, 1.54) is 19.3 Å². The Bertz CT molecular complexity index is 1080. The van der Waals surface area contributed by atoms with Crippen molar-refractivity contribution in [3.63, 3.8) is 0 Å². The molecule has 5 fully saturated rings. The Morgan fingerprint density at radius 3 is 2.23 bits per heavy atom. The van der Waals surface area contributed by atoms with Crippen molar-refractivity contribution in [3.05, 3.63) is 36.0 Å². The van der Waals surface area contributed by atoms with Crippen LogP contribution >= 0.6 is 0 Å². The maximum atomic E-state index is 13.0. The third kappa shape index (κ3) is 4.33. The van der Waals surface area contributed by atoms with Gasteiger partial charge in [0, 0.05) is 42.6 Å². The molecule has 5 aliphatic rings. The van der Waals surface area contributed by atoms with Gasteiger partial charge in [0.05, 0.1) is 6.04 Å². The quantitative estimate of drug-likeness (QED) is 0.630. The van der Waals surface area contributed by atoms with E-state index < -0.39 is 6.04 Å². The van der Waals surface area contributed by atoms with Crippen molar-refractivity contribution in [1.29, 1.82) is 0 Å². The molecule has 4 aliphatic carbocycles. The molecule has 8 nitrogen and oxygen atoms in total. The van der Waals surface area contributed by atoms with Gasteiger partial charge in [0.15, 0.2) is 0 Å². The second kappa shape index (κ2) is 8.66. The van der Waals surface area contributed by atoms with E-state index in [4.69, 9.17) is 0 Å². The van der Waals surface area contributed by atoms with Gasteiger partial charge < -0.3 is 15.2 Å². The minimum atomic E-state index is -0.428. The molecule has 4 saturated carbocycles. The van der Waals surface area contributed by atoms with Crippen LogP contribution in [0.25, 0.3) is 10.9 Å². The molecule has 0 radical (unpaired) electrons. The van der Waals surface area contributed by atoms with E-state index in [1.807, 2.05) is 47.1 Å². The Morgan fingerprint density at radius 2 is 1.60 bits per heavy atom. The number of benzene rings is 1. The molecule has 0 spiro atoms. The first-order chi connectivity index (χ1) is 16.9. The standard InChI is InChI=1S/C27H35N5O3/c1-17(24(33)29-26(35)30-27-14-18-10-19(15-27)12-20(11-18)16-27)31-6-8-32(9-7-31)25(34)23-13-21-4-2-3-5-22(21)28-23/h2-5,13,17-20,28H,6-12,14-16H2,1H3,(H2,29,30,33,35). The van der Waals surface area contributed by atoms with Gasteiger partial charge in [-0.1, -0.05) is 18.2 Å². The van der Waals surface area contributed by atoms with E-state index >= 15 is 0 Å². The van der Waals surface area contributed by atoms with Gasteiger partial charge in [-0.3, -0.25) is 19.8 Å². The average molecular weight is 478 g/mol. The summed E-state index contributed by atoms with van der Waals surface area (Å²) in [5, 5.41) is 6.85. The van der Waals surface area contributed by atoms with Gasteiger partial charge in [0.25, 0.3) is 5.91 Å². The first kappa shape index (κ1) is 22.6. The Kier molecular flexibility index (Phi) is 5.59. The number of nitrogens with one attached hydrogen (secondary N) is 3. The number of carbonyl (C=O) groups is 3. The Morgan fingerprint density at radius 1 is 0.971 bits per heavy atom. The highest BCUT2D eigenvalue weighted by atomic mass is 16.2. The van der Waals surface area contributed by atoms with Crippen molar-refractivity contribution in [2.24, 2.45) is 17.8 Å². The molecule has 35 heavy (non-hydrogen) atoms. The zero-order valence-electron chi connectivity index (χ0n) is 20.4. The molecule has 3 N–H and O–H groups in total. The van der Waals surface area contributed by atoms with Crippen LogP contribution in [-0.2, 0) is 4.79 Å². The number of urea groups is 1. The van der Waals surface area contributed by atoms with Crippen LogP contribution in [-0.4, -0.2) is 70.4 Å². The number of aromatic nitrogens is 1. The smallest absolute Gasteiger partial charge is 0.321 e. The van der Waals surface area contributed by atoms with Crippen LogP contribution in [0.2, 0.25) is 0 Å². The topological polar surface area (TPSA) is 97.5 Å². The van der Waals surface area contributed by atoms with Crippen LogP contribution < -0.4 is 10.6 Å². The molecule has 1 aromatic carbocycles. The Balaban J connectivity index is 1.00. The number of hydrogen-bond donors (Lipinski definition) is 3. The normalized spacial score (nSPS) is 30.9.